The molecule has 0 aliphatic heterocycles. The average molecular weight is 274 g/mol. The van der Waals surface area contributed by atoms with Crippen LogP contribution in [0.5, 0.6) is 0 Å². The first-order valence-corrected chi connectivity index (χ1v) is 6.57. The summed E-state index contributed by atoms with van der Waals surface area (Å²) in [6.07, 6.45) is 0.865. The van der Waals surface area contributed by atoms with Crippen LogP contribution in [-0.4, -0.2) is 44.6 Å². The van der Waals surface area contributed by atoms with Crippen molar-refractivity contribution in [3.63, 3.8) is 0 Å². The summed E-state index contributed by atoms with van der Waals surface area (Å²) in [5.41, 5.74) is 0.715. The highest BCUT2D eigenvalue weighted by atomic mass is 32.1. The largest absolute Gasteiger partial charge is 0.477 e. The predicted molar refractivity (Wildman–Crippen MR) is 68.2 cm³/mol. The molecule has 0 aliphatic rings. The van der Waals surface area contributed by atoms with Gasteiger partial charge in [-0.25, -0.2) is 4.79 Å². The molecule has 0 spiro atoms. The smallest absolute Gasteiger partial charge is 0.346 e. The topological polar surface area (TPSA) is 65.0 Å². The quantitative estimate of drug-likeness (QED) is 0.661. The fourth-order valence-corrected chi connectivity index (χ4v) is 2.09. The van der Waals surface area contributed by atoms with E-state index >= 15 is 0 Å². The van der Waals surface area contributed by atoms with Crippen LogP contribution in [-0.2, 0) is 20.8 Å². The Bertz CT molecular complexity index is 350. The summed E-state index contributed by atoms with van der Waals surface area (Å²) in [6.45, 7) is 2.62. The lowest BCUT2D eigenvalue weighted by molar-refractivity contribution is 0.0333. The van der Waals surface area contributed by atoms with Crippen LogP contribution in [0, 0.1) is 0 Å². The number of carbonyl (C=O) groups is 1. The lowest BCUT2D eigenvalue weighted by Gasteiger charge is -2.05. The fourth-order valence-electron chi connectivity index (χ4n) is 1.34. The molecule has 0 saturated heterocycles. The molecule has 6 heteroatoms. The van der Waals surface area contributed by atoms with Gasteiger partial charge >= 0.3 is 5.97 Å². The van der Waals surface area contributed by atoms with Crippen molar-refractivity contribution in [2.24, 2.45) is 0 Å². The van der Waals surface area contributed by atoms with Crippen LogP contribution in [0.4, 0.5) is 0 Å². The Kier molecular flexibility index (Phi) is 7.59. The molecule has 102 valence electrons. The van der Waals surface area contributed by atoms with Crippen LogP contribution in [0.1, 0.15) is 21.7 Å². The van der Waals surface area contributed by atoms with E-state index in [1.807, 2.05) is 0 Å². The second-order valence-electron chi connectivity index (χ2n) is 3.59. The maximum atomic E-state index is 10.8. The Morgan fingerprint density at radius 2 is 2.06 bits per heavy atom. The van der Waals surface area contributed by atoms with Gasteiger partial charge in [-0.15, -0.1) is 11.3 Å². The van der Waals surface area contributed by atoms with Crippen LogP contribution < -0.4 is 0 Å². The van der Waals surface area contributed by atoms with E-state index in [1.54, 1.807) is 18.6 Å². The second kappa shape index (κ2) is 9.04. The van der Waals surface area contributed by atoms with Gasteiger partial charge in [0.1, 0.15) is 4.88 Å². The Hall–Kier alpha value is -0.950. The summed E-state index contributed by atoms with van der Waals surface area (Å²) >= 11 is 1.21. The molecule has 1 aromatic heterocycles. The van der Waals surface area contributed by atoms with E-state index in [0.29, 0.717) is 43.5 Å². The Morgan fingerprint density at radius 3 is 2.78 bits per heavy atom. The molecular weight excluding hydrogens is 256 g/mol. The van der Waals surface area contributed by atoms with E-state index in [9.17, 15) is 4.79 Å². The SMILES string of the molecule is COCCCOCCOCc1ccsc1C(=O)O. The highest BCUT2D eigenvalue weighted by Crippen LogP contribution is 2.17. The Morgan fingerprint density at radius 1 is 1.28 bits per heavy atom. The van der Waals surface area contributed by atoms with E-state index in [-0.39, 0.29) is 0 Å². The van der Waals surface area contributed by atoms with Crippen molar-refractivity contribution in [3.8, 4) is 0 Å². The summed E-state index contributed by atoms with van der Waals surface area (Å²) in [7, 11) is 1.66. The Labute approximate surface area is 110 Å². The predicted octanol–water partition coefficient (Wildman–Crippen LogP) is 2.02. The second-order valence-corrected chi connectivity index (χ2v) is 4.51. The number of thiophene rings is 1. The van der Waals surface area contributed by atoms with Gasteiger partial charge in [0.15, 0.2) is 0 Å². The molecule has 0 bridgehead atoms. The van der Waals surface area contributed by atoms with Crippen LogP contribution in [0.2, 0.25) is 0 Å². The minimum absolute atomic E-state index is 0.312. The highest BCUT2D eigenvalue weighted by Gasteiger charge is 2.10. The number of hydrogen-bond donors (Lipinski definition) is 1. The molecule has 0 unspecified atom stereocenters. The van der Waals surface area contributed by atoms with Crippen molar-refractivity contribution in [1.29, 1.82) is 0 Å². The van der Waals surface area contributed by atoms with E-state index in [0.717, 1.165) is 6.42 Å². The lowest BCUT2D eigenvalue weighted by Crippen LogP contribution is -2.07. The Balaban J connectivity index is 2.07. The van der Waals surface area contributed by atoms with Gasteiger partial charge < -0.3 is 19.3 Å². The number of hydrogen-bond acceptors (Lipinski definition) is 5. The lowest BCUT2D eigenvalue weighted by atomic mass is 10.3. The van der Waals surface area contributed by atoms with Gasteiger partial charge in [-0.2, -0.15) is 0 Å². The molecular formula is C12H18O5S. The first kappa shape index (κ1) is 15.1. The molecule has 1 N–H and O–H groups in total. The van der Waals surface area contributed by atoms with E-state index in [1.165, 1.54) is 11.3 Å². The normalized spacial score (nSPS) is 10.7. The highest BCUT2D eigenvalue weighted by molar-refractivity contribution is 7.12. The van der Waals surface area contributed by atoms with Crippen molar-refractivity contribution < 1.29 is 24.1 Å². The van der Waals surface area contributed by atoms with Crippen LogP contribution in [0.3, 0.4) is 0 Å². The molecule has 5 nitrogen and oxygen atoms in total. The van der Waals surface area contributed by atoms with Crippen molar-refractivity contribution >= 4 is 17.3 Å². The van der Waals surface area contributed by atoms with Crippen molar-refractivity contribution in [1.82, 2.24) is 0 Å². The molecule has 0 saturated carbocycles. The zero-order valence-corrected chi connectivity index (χ0v) is 11.2. The molecule has 1 heterocycles. The van der Waals surface area contributed by atoms with E-state index < -0.39 is 5.97 Å². The minimum Gasteiger partial charge on any atom is -0.477 e. The first-order chi connectivity index (χ1) is 8.75. The zero-order chi connectivity index (χ0) is 13.2. The van der Waals surface area contributed by atoms with Gasteiger partial charge in [-0.05, 0) is 17.9 Å². The standard InChI is InChI=1S/C12H18O5S/c1-15-4-2-5-16-6-7-17-9-10-3-8-18-11(10)12(13)14/h3,8H,2,4-7,9H2,1H3,(H,13,14). The van der Waals surface area contributed by atoms with Crippen LogP contribution in [0.25, 0.3) is 0 Å². The molecule has 1 rings (SSSR count). The third kappa shape index (κ3) is 5.59. The molecule has 0 amide bonds. The van der Waals surface area contributed by atoms with Crippen molar-refractivity contribution in [2.45, 2.75) is 13.0 Å². The summed E-state index contributed by atoms with van der Waals surface area (Å²) in [6, 6.07) is 1.77. The summed E-state index contributed by atoms with van der Waals surface area (Å²) in [4.78, 5) is 11.2. The summed E-state index contributed by atoms with van der Waals surface area (Å²) < 4.78 is 15.6. The number of methoxy groups -OCH3 is 1. The van der Waals surface area contributed by atoms with Crippen LogP contribution in [0.15, 0.2) is 11.4 Å². The molecule has 1 aromatic rings. The maximum Gasteiger partial charge on any atom is 0.346 e. The maximum absolute atomic E-state index is 10.8. The van der Waals surface area contributed by atoms with Gasteiger partial charge in [0.05, 0.1) is 19.8 Å². The minimum atomic E-state index is -0.903. The number of carboxylic acid groups (broad SMARTS) is 1. The van der Waals surface area contributed by atoms with Crippen molar-refractivity contribution in [2.75, 3.05) is 33.5 Å². The monoisotopic (exact) mass is 274 g/mol. The number of rotatable bonds is 10. The third-order valence-corrected chi connectivity index (χ3v) is 3.15. The molecule has 0 aliphatic carbocycles. The average Bonchev–Trinajstić information content (AvgIpc) is 2.81. The molecule has 18 heavy (non-hydrogen) atoms. The van der Waals surface area contributed by atoms with Gasteiger partial charge in [0.25, 0.3) is 0 Å². The van der Waals surface area contributed by atoms with E-state index in [4.69, 9.17) is 19.3 Å². The summed E-state index contributed by atoms with van der Waals surface area (Å²) in [5, 5.41) is 10.6. The first-order valence-electron chi connectivity index (χ1n) is 5.69. The van der Waals surface area contributed by atoms with Gasteiger partial charge in [-0.1, -0.05) is 0 Å². The zero-order valence-electron chi connectivity index (χ0n) is 10.4. The number of aromatic carboxylic acids is 1. The third-order valence-electron chi connectivity index (χ3n) is 2.21. The van der Waals surface area contributed by atoms with Gasteiger partial charge in [-0.3, -0.25) is 0 Å². The van der Waals surface area contributed by atoms with E-state index in [2.05, 4.69) is 0 Å². The van der Waals surface area contributed by atoms with Crippen molar-refractivity contribution in [3.05, 3.63) is 21.9 Å². The number of carboxylic acids is 1. The fraction of sp³-hybridized carbons (Fsp3) is 0.583. The summed E-state index contributed by atoms with van der Waals surface area (Å²) in [5.74, 6) is -0.903. The van der Waals surface area contributed by atoms with Crippen LogP contribution >= 0.6 is 11.3 Å². The molecule has 0 fully saturated rings. The molecule has 0 aromatic carbocycles. The number of ether oxygens (including phenoxy) is 3. The van der Waals surface area contributed by atoms with Gasteiger partial charge in [0, 0.05) is 25.9 Å². The molecule has 0 atom stereocenters. The molecule has 0 radical (unpaired) electrons. The van der Waals surface area contributed by atoms with Gasteiger partial charge in [0.2, 0.25) is 0 Å².